The molecule has 3 amide bonds. The van der Waals surface area contributed by atoms with E-state index in [1.807, 2.05) is 6.07 Å². The molecule has 3 heterocycles. The van der Waals surface area contributed by atoms with Gasteiger partial charge in [-0.15, -0.1) is 11.3 Å². The van der Waals surface area contributed by atoms with Crippen molar-refractivity contribution in [1.82, 2.24) is 15.6 Å². The number of benzene rings is 2. The van der Waals surface area contributed by atoms with Crippen molar-refractivity contribution in [2.75, 3.05) is 62.9 Å². The van der Waals surface area contributed by atoms with Crippen LogP contribution in [0.2, 0.25) is 0 Å². The minimum absolute atomic E-state index is 0.0569. The number of carbonyl (C=O) groups is 3. The van der Waals surface area contributed by atoms with Gasteiger partial charge in [0.05, 0.1) is 31.7 Å². The van der Waals surface area contributed by atoms with Crippen LogP contribution in [-0.4, -0.2) is 87.9 Å². The van der Waals surface area contributed by atoms with Gasteiger partial charge < -0.3 is 40.4 Å². The van der Waals surface area contributed by atoms with Gasteiger partial charge in [0.15, 0.2) is 23.3 Å². The highest BCUT2D eigenvalue weighted by Crippen LogP contribution is 2.41. The Hall–Kier alpha value is -4.50. The predicted molar refractivity (Wildman–Crippen MR) is 205 cm³/mol. The molecule has 0 radical (unpaired) electrons. The molecule has 294 valence electrons. The molecule has 2 aliphatic rings. The van der Waals surface area contributed by atoms with Gasteiger partial charge in [-0.05, 0) is 67.9 Å². The van der Waals surface area contributed by atoms with Gasteiger partial charge in [0.2, 0.25) is 11.7 Å². The number of unbranched alkanes of at least 4 members (excludes halogenated alkanes) is 3. The molecule has 2 aromatic carbocycles. The predicted octanol–water partition coefficient (Wildman–Crippen LogP) is 5.68. The minimum atomic E-state index is -1.17. The van der Waals surface area contributed by atoms with Crippen LogP contribution in [0.25, 0.3) is 11.3 Å². The molecular formula is C39H52F2N6O6S. The fourth-order valence-corrected chi connectivity index (χ4v) is 7.83. The van der Waals surface area contributed by atoms with Crippen LogP contribution < -0.4 is 35.6 Å². The zero-order valence-electron chi connectivity index (χ0n) is 31.6. The van der Waals surface area contributed by atoms with E-state index in [-0.39, 0.29) is 34.6 Å². The average molecular weight is 771 g/mol. The van der Waals surface area contributed by atoms with E-state index in [0.717, 1.165) is 49.0 Å². The highest BCUT2D eigenvalue weighted by atomic mass is 32.1. The van der Waals surface area contributed by atoms with E-state index in [1.54, 1.807) is 24.6 Å². The molecule has 2 unspecified atom stereocenters. The number of primary amides is 1. The van der Waals surface area contributed by atoms with Crippen molar-refractivity contribution < 1.29 is 37.4 Å². The fraction of sp³-hybridized carbons (Fsp3) is 0.538. The molecule has 54 heavy (non-hydrogen) atoms. The molecule has 3 aromatic rings. The van der Waals surface area contributed by atoms with Gasteiger partial charge >= 0.3 is 0 Å². The minimum Gasteiger partial charge on any atom is -0.495 e. The summed E-state index contributed by atoms with van der Waals surface area (Å²) in [5.41, 5.74) is 7.76. The zero-order valence-corrected chi connectivity index (χ0v) is 32.4. The van der Waals surface area contributed by atoms with Gasteiger partial charge in [-0.1, -0.05) is 33.6 Å². The maximum Gasteiger partial charge on any atom is 0.257 e. The first-order valence-electron chi connectivity index (χ1n) is 18.6. The largest absolute Gasteiger partial charge is 0.495 e. The number of carbonyl (C=O) groups excluding carboxylic acids is 3. The van der Waals surface area contributed by atoms with Crippen LogP contribution in [0.4, 0.5) is 19.6 Å². The number of methoxy groups -OCH3 is 1. The van der Waals surface area contributed by atoms with Crippen LogP contribution in [0.3, 0.4) is 0 Å². The lowest BCUT2D eigenvalue weighted by molar-refractivity contribution is -0.123. The van der Waals surface area contributed by atoms with Crippen LogP contribution in [-0.2, 0) is 14.3 Å². The van der Waals surface area contributed by atoms with Crippen molar-refractivity contribution in [1.29, 1.82) is 0 Å². The Bertz CT molecular complexity index is 1760. The van der Waals surface area contributed by atoms with Crippen molar-refractivity contribution in [3.63, 3.8) is 0 Å². The molecule has 15 heteroatoms. The van der Waals surface area contributed by atoms with E-state index in [4.69, 9.17) is 19.9 Å². The van der Waals surface area contributed by atoms with E-state index in [9.17, 15) is 23.2 Å². The molecule has 0 aliphatic carbocycles. The summed E-state index contributed by atoms with van der Waals surface area (Å²) in [7, 11) is 1.55. The fourth-order valence-electron chi connectivity index (χ4n) is 6.95. The van der Waals surface area contributed by atoms with Crippen LogP contribution in [0, 0.1) is 17.0 Å². The first-order chi connectivity index (χ1) is 25.9. The summed E-state index contributed by atoms with van der Waals surface area (Å²) in [6, 6.07) is 7.39. The molecule has 0 saturated carbocycles. The third-order valence-electron chi connectivity index (χ3n) is 9.56. The second-order valence-corrected chi connectivity index (χ2v) is 15.7. The summed E-state index contributed by atoms with van der Waals surface area (Å²) >= 11 is 1.39. The molecular weight excluding hydrogens is 719 g/mol. The topological polar surface area (TPSA) is 148 Å². The molecule has 2 atom stereocenters. The average Bonchev–Trinajstić information content (AvgIpc) is 3.80. The van der Waals surface area contributed by atoms with Crippen molar-refractivity contribution in [2.24, 2.45) is 11.1 Å². The number of aromatic nitrogens is 1. The number of morpholine rings is 1. The van der Waals surface area contributed by atoms with Crippen molar-refractivity contribution in [2.45, 2.75) is 77.8 Å². The molecule has 1 aromatic heterocycles. The number of halogens is 2. The van der Waals surface area contributed by atoms with Crippen molar-refractivity contribution >= 4 is 39.9 Å². The number of amides is 3. The van der Waals surface area contributed by atoms with E-state index < -0.39 is 30.2 Å². The normalized spacial score (nSPS) is 17.4. The van der Waals surface area contributed by atoms with Gasteiger partial charge in [-0.2, -0.15) is 4.39 Å². The number of nitrogens with two attached hydrogens (primary N) is 1. The molecule has 2 aliphatic heterocycles. The highest BCUT2D eigenvalue weighted by Gasteiger charge is 2.40. The summed E-state index contributed by atoms with van der Waals surface area (Å²) < 4.78 is 45.6. The number of hydrogen-bond acceptors (Lipinski definition) is 10. The standard InChI is InChI=1S/C39H52F2N6O6S/c1-39(2,3)22-26-10-14-31(36(42)49)47(26)30-13-9-25(21-32(30)51-4)37(50)44-16-8-6-5-7-15-43-33(48)23-53-35-27(11-12-28(40)34(35)41)29-24-54-38(45-29)46-17-19-52-20-18-46/h9,11-13,21,24,26,31H,5-8,10,14-20,22-23H2,1-4H3,(H2,42,49)(H,43,48)(H,44,50). The van der Waals surface area contributed by atoms with E-state index in [1.165, 1.54) is 17.4 Å². The van der Waals surface area contributed by atoms with Crippen LogP contribution in [0.1, 0.15) is 76.1 Å². The Balaban J connectivity index is 1.03. The van der Waals surface area contributed by atoms with Crippen LogP contribution in [0.5, 0.6) is 11.5 Å². The summed E-state index contributed by atoms with van der Waals surface area (Å²) in [4.78, 5) is 46.6. The Morgan fingerprint density at radius 2 is 1.74 bits per heavy atom. The SMILES string of the molecule is COc1cc(C(=O)NCCCCCCNC(=O)COc2c(-c3csc(N4CCOCC4)n3)ccc(F)c2F)ccc1N1C(CC(C)(C)C)CCC1C(N)=O. The Morgan fingerprint density at radius 3 is 2.43 bits per heavy atom. The van der Waals surface area contributed by atoms with Gasteiger partial charge in [0.1, 0.15) is 11.8 Å². The maximum atomic E-state index is 14.8. The first kappa shape index (κ1) is 40.7. The van der Waals surface area contributed by atoms with E-state index in [2.05, 4.69) is 46.2 Å². The molecule has 5 rings (SSSR count). The number of anilines is 2. The zero-order chi connectivity index (χ0) is 38.8. The number of rotatable bonds is 17. The summed E-state index contributed by atoms with van der Waals surface area (Å²) in [6.07, 6.45) is 5.47. The lowest BCUT2D eigenvalue weighted by atomic mass is 9.87. The van der Waals surface area contributed by atoms with E-state index in [0.29, 0.717) is 69.2 Å². The van der Waals surface area contributed by atoms with Crippen molar-refractivity contribution in [3.05, 3.63) is 52.9 Å². The second kappa shape index (κ2) is 18.7. The summed E-state index contributed by atoms with van der Waals surface area (Å²) in [5.74, 6) is -3.14. The number of ether oxygens (including phenoxy) is 3. The lowest BCUT2D eigenvalue weighted by Crippen LogP contribution is -2.45. The van der Waals surface area contributed by atoms with Gasteiger partial charge in [-0.3, -0.25) is 14.4 Å². The summed E-state index contributed by atoms with van der Waals surface area (Å²) in [5, 5.41) is 8.22. The Morgan fingerprint density at radius 1 is 1.02 bits per heavy atom. The smallest absolute Gasteiger partial charge is 0.257 e. The van der Waals surface area contributed by atoms with Gasteiger partial charge in [0, 0.05) is 48.7 Å². The molecule has 2 fully saturated rings. The number of nitrogens with one attached hydrogen (secondary N) is 2. The number of hydrogen-bond donors (Lipinski definition) is 3. The van der Waals surface area contributed by atoms with Crippen LogP contribution in [0.15, 0.2) is 35.7 Å². The van der Waals surface area contributed by atoms with E-state index >= 15 is 0 Å². The molecule has 4 N–H and O–H groups in total. The monoisotopic (exact) mass is 770 g/mol. The molecule has 2 saturated heterocycles. The third kappa shape index (κ3) is 10.6. The first-order valence-corrected chi connectivity index (χ1v) is 19.4. The van der Waals surface area contributed by atoms with Crippen LogP contribution >= 0.6 is 11.3 Å². The number of thiazole rings is 1. The molecule has 12 nitrogen and oxygen atoms in total. The second-order valence-electron chi connectivity index (χ2n) is 14.9. The molecule has 0 spiro atoms. The van der Waals surface area contributed by atoms with Gasteiger partial charge in [-0.25, -0.2) is 9.37 Å². The summed E-state index contributed by atoms with van der Waals surface area (Å²) in [6.45, 7) is 9.46. The quantitative estimate of drug-likeness (QED) is 0.148. The highest BCUT2D eigenvalue weighted by molar-refractivity contribution is 7.14. The Kier molecular flexibility index (Phi) is 14.1. The van der Waals surface area contributed by atoms with Gasteiger partial charge in [0.25, 0.3) is 11.8 Å². The van der Waals surface area contributed by atoms with Crippen molar-refractivity contribution in [3.8, 4) is 22.8 Å². The number of nitrogens with zero attached hydrogens (tertiary/aromatic N) is 3. The lowest BCUT2D eigenvalue weighted by Gasteiger charge is -2.35. The third-order valence-corrected chi connectivity index (χ3v) is 10.5. The molecule has 0 bridgehead atoms. The maximum absolute atomic E-state index is 14.8. The Labute approximate surface area is 319 Å².